The number of rotatable bonds is 4. The lowest BCUT2D eigenvalue weighted by atomic mass is 10.1. The normalized spacial score (nSPS) is 11.1. The molecule has 0 aliphatic heterocycles. The van der Waals surface area contributed by atoms with Crippen molar-refractivity contribution in [2.24, 2.45) is 5.10 Å². The molecule has 2 aromatic carbocycles. The molecule has 126 valence electrons. The van der Waals surface area contributed by atoms with Crippen LogP contribution in [-0.4, -0.2) is 21.9 Å². The van der Waals surface area contributed by atoms with Crippen molar-refractivity contribution in [2.75, 3.05) is 0 Å². The van der Waals surface area contributed by atoms with Crippen LogP contribution in [0.15, 0.2) is 58.4 Å². The van der Waals surface area contributed by atoms with Crippen LogP contribution in [0.5, 0.6) is 0 Å². The fourth-order valence-corrected chi connectivity index (χ4v) is 2.41. The maximum absolute atomic E-state index is 13.5. The SMILES string of the molecule is CCn1nc(C(=O)N/N=C/c2ccccc2F)c2ccccc2c1=O. The lowest BCUT2D eigenvalue weighted by molar-refractivity contribution is 0.0949. The van der Waals surface area contributed by atoms with E-state index in [1.54, 1.807) is 43.3 Å². The van der Waals surface area contributed by atoms with E-state index in [1.165, 1.54) is 23.0 Å². The first-order valence-corrected chi connectivity index (χ1v) is 7.69. The largest absolute Gasteiger partial charge is 0.292 e. The van der Waals surface area contributed by atoms with E-state index < -0.39 is 11.7 Å². The van der Waals surface area contributed by atoms with E-state index >= 15 is 0 Å². The number of carbonyl (C=O) groups excluding carboxylic acids is 1. The Morgan fingerprint density at radius 3 is 2.60 bits per heavy atom. The number of nitrogens with one attached hydrogen (secondary N) is 1. The average molecular weight is 338 g/mol. The summed E-state index contributed by atoms with van der Waals surface area (Å²) in [6.07, 6.45) is 1.21. The monoisotopic (exact) mass is 338 g/mol. The van der Waals surface area contributed by atoms with Gasteiger partial charge in [-0.1, -0.05) is 36.4 Å². The number of aryl methyl sites for hydroxylation is 1. The van der Waals surface area contributed by atoms with Gasteiger partial charge in [-0.05, 0) is 19.1 Å². The number of benzene rings is 2. The number of hydrazone groups is 1. The van der Waals surface area contributed by atoms with Gasteiger partial charge in [-0.15, -0.1) is 0 Å². The lowest BCUT2D eigenvalue weighted by Gasteiger charge is -2.08. The minimum atomic E-state index is -0.578. The number of hydrogen-bond donors (Lipinski definition) is 1. The molecule has 1 heterocycles. The second kappa shape index (κ2) is 7.04. The third kappa shape index (κ3) is 3.30. The Hall–Kier alpha value is -3.35. The summed E-state index contributed by atoms with van der Waals surface area (Å²) in [5.74, 6) is -1.02. The molecule has 0 radical (unpaired) electrons. The predicted molar refractivity (Wildman–Crippen MR) is 93.1 cm³/mol. The molecule has 0 fully saturated rings. The van der Waals surface area contributed by atoms with Crippen LogP contribution < -0.4 is 11.0 Å². The minimum Gasteiger partial charge on any atom is -0.267 e. The topological polar surface area (TPSA) is 76.3 Å². The van der Waals surface area contributed by atoms with E-state index in [9.17, 15) is 14.0 Å². The Morgan fingerprint density at radius 2 is 1.88 bits per heavy atom. The van der Waals surface area contributed by atoms with Crippen LogP contribution >= 0.6 is 0 Å². The van der Waals surface area contributed by atoms with Crippen LogP contribution in [0.1, 0.15) is 23.0 Å². The van der Waals surface area contributed by atoms with Gasteiger partial charge in [-0.3, -0.25) is 9.59 Å². The third-order valence-corrected chi connectivity index (χ3v) is 3.66. The van der Waals surface area contributed by atoms with Crippen molar-refractivity contribution in [3.8, 4) is 0 Å². The fraction of sp³-hybridized carbons (Fsp3) is 0.111. The maximum Gasteiger partial charge on any atom is 0.292 e. The molecule has 7 heteroatoms. The van der Waals surface area contributed by atoms with Crippen LogP contribution in [-0.2, 0) is 6.54 Å². The van der Waals surface area contributed by atoms with Crippen molar-refractivity contribution in [3.63, 3.8) is 0 Å². The minimum absolute atomic E-state index is 0.0859. The number of fused-ring (bicyclic) bond motifs is 1. The lowest BCUT2D eigenvalue weighted by Crippen LogP contribution is -2.28. The number of nitrogens with zero attached hydrogens (tertiary/aromatic N) is 3. The molecule has 1 amide bonds. The van der Waals surface area contributed by atoms with E-state index in [-0.39, 0.29) is 16.8 Å². The summed E-state index contributed by atoms with van der Waals surface area (Å²) >= 11 is 0. The van der Waals surface area contributed by atoms with Crippen molar-refractivity contribution in [1.82, 2.24) is 15.2 Å². The molecule has 0 saturated carbocycles. The van der Waals surface area contributed by atoms with E-state index in [4.69, 9.17) is 0 Å². The summed E-state index contributed by atoms with van der Waals surface area (Å²) in [6, 6.07) is 12.8. The van der Waals surface area contributed by atoms with Gasteiger partial charge in [0.1, 0.15) is 5.82 Å². The summed E-state index contributed by atoms with van der Waals surface area (Å²) < 4.78 is 14.8. The van der Waals surface area contributed by atoms with Crippen LogP contribution in [0.2, 0.25) is 0 Å². The summed E-state index contributed by atoms with van der Waals surface area (Å²) in [5, 5.41) is 8.72. The molecule has 3 rings (SSSR count). The average Bonchev–Trinajstić information content (AvgIpc) is 2.64. The van der Waals surface area contributed by atoms with Gasteiger partial charge >= 0.3 is 0 Å². The highest BCUT2D eigenvalue weighted by Crippen LogP contribution is 2.13. The standard InChI is InChI=1S/C18H15FN4O2/c1-2-23-18(25)14-9-5-4-8-13(14)16(22-23)17(24)21-20-11-12-7-3-6-10-15(12)19/h3-11H,2H2,1H3,(H,21,24)/b20-11+. The number of amides is 1. The molecule has 3 aromatic rings. The number of aromatic nitrogens is 2. The smallest absolute Gasteiger partial charge is 0.267 e. The summed E-state index contributed by atoms with van der Waals surface area (Å²) in [5.41, 5.74) is 2.40. The zero-order valence-electron chi connectivity index (χ0n) is 13.4. The Morgan fingerprint density at radius 1 is 1.20 bits per heavy atom. The van der Waals surface area contributed by atoms with Crippen molar-refractivity contribution < 1.29 is 9.18 Å². The Bertz CT molecular complexity index is 1030. The number of carbonyl (C=O) groups is 1. The first-order chi connectivity index (χ1) is 12.1. The summed E-state index contributed by atoms with van der Waals surface area (Å²) in [6.45, 7) is 2.10. The maximum atomic E-state index is 13.5. The van der Waals surface area contributed by atoms with Gasteiger partial charge < -0.3 is 0 Å². The molecule has 0 bridgehead atoms. The molecule has 1 N–H and O–H groups in total. The second-order valence-corrected chi connectivity index (χ2v) is 5.24. The van der Waals surface area contributed by atoms with Crippen LogP contribution in [0, 0.1) is 5.82 Å². The molecule has 0 saturated heterocycles. The highest BCUT2D eigenvalue weighted by Gasteiger charge is 2.15. The molecule has 0 aliphatic carbocycles. The summed E-state index contributed by atoms with van der Waals surface area (Å²) in [7, 11) is 0. The molecular weight excluding hydrogens is 323 g/mol. The van der Waals surface area contributed by atoms with Gasteiger partial charge in [-0.2, -0.15) is 10.2 Å². The van der Waals surface area contributed by atoms with E-state index in [0.717, 1.165) is 0 Å². The Kier molecular flexibility index (Phi) is 4.65. The number of hydrogen-bond acceptors (Lipinski definition) is 4. The first-order valence-electron chi connectivity index (χ1n) is 7.69. The van der Waals surface area contributed by atoms with Crippen LogP contribution in [0.3, 0.4) is 0 Å². The predicted octanol–water partition coefficient (Wildman–Crippen LogP) is 2.32. The van der Waals surface area contributed by atoms with Crippen molar-refractivity contribution in [2.45, 2.75) is 13.5 Å². The van der Waals surface area contributed by atoms with E-state index in [1.807, 2.05) is 0 Å². The van der Waals surface area contributed by atoms with Gasteiger partial charge in [0.15, 0.2) is 5.69 Å². The molecule has 0 unspecified atom stereocenters. The van der Waals surface area contributed by atoms with Gasteiger partial charge in [0.2, 0.25) is 0 Å². The van der Waals surface area contributed by atoms with Gasteiger partial charge in [0.25, 0.3) is 11.5 Å². The molecule has 0 aliphatic rings. The third-order valence-electron chi connectivity index (χ3n) is 3.66. The zero-order valence-corrected chi connectivity index (χ0v) is 13.4. The van der Waals surface area contributed by atoms with Crippen LogP contribution in [0.4, 0.5) is 4.39 Å². The molecule has 0 spiro atoms. The Labute approximate surface area is 142 Å². The fourth-order valence-electron chi connectivity index (χ4n) is 2.41. The molecule has 1 aromatic heterocycles. The molecule has 6 nitrogen and oxygen atoms in total. The van der Waals surface area contributed by atoms with Gasteiger partial charge in [0, 0.05) is 17.5 Å². The first kappa shape index (κ1) is 16.5. The van der Waals surface area contributed by atoms with Gasteiger partial charge in [-0.25, -0.2) is 14.5 Å². The molecular formula is C18H15FN4O2. The highest BCUT2D eigenvalue weighted by atomic mass is 19.1. The zero-order chi connectivity index (χ0) is 17.8. The summed E-state index contributed by atoms with van der Waals surface area (Å²) in [4.78, 5) is 24.7. The van der Waals surface area contributed by atoms with Crippen molar-refractivity contribution in [3.05, 3.63) is 76.0 Å². The highest BCUT2D eigenvalue weighted by molar-refractivity contribution is 6.04. The van der Waals surface area contributed by atoms with E-state index in [0.29, 0.717) is 17.3 Å². The Balaban J connectivity index is 1.94. The van der Waals surface area contributed by atoms with Crippen molar-refractivity contribution in [1.29, 1.82) is 0 Å². The molecule has 25 heavy (non-hydrogen) atoms. The van der Waals surface area contributed by atoms with Crippen molar-refractivity contribution >= 4 is 22.9 Å². The molecule has 0 atom stereocenters. The van der Waals surface area contributed by atoms with Gasteiger partial charge in [0.05, 0.1) is 11.6 Å². The quantitative estimate of drug-likeness (QED) is 0.586. The van der Waals surface area contributed by atoms with Crippen LogP contribution in [0.25, 0.3) is 10.8 Å². The number of halogens is 1. The second-order valence-electron chi connectivity index (χ2n) is 5.24. The van der Waals surface area contributed by atoms with E-state index in [2.05, 4.69) is 15.6 Å².